The molecule has 0 saturated heterocycles. The number of para-hydroxylation sites is 1. The van der Waals surface area contributed by atoms with Crippen molar-refractivity contribution < 1.29 is 23.8 Å². The van der Waals surface area contributed by atoms with Crippen LogP contribution in [-0.4, -0.2) is 23.6 Å². The average molecular weight is 431 g/mol. The van der Waals surface area contributed by atoms with Gasteiger partial charge < -0.3 is 19.6 Å². The van der Waals surface area contributed by atoms with E-state index in [1.54, 1.807) is 18.2 Å². The monoisotopic (exact) mass is 431 g/mol. The summed E-state index contributed by atoms with van der Waals surface area (Å²) in [5.74, 6) is -0.504. The maximum absolute atomic E-state index is 13.0. The SMILES string of the molecule is CCOc1ccccc1/C=C1/CCc2c1oc1cc(NC(=O)/C=C/C(=O)O)ccc1c2=O. The van der Waals surface area contributed by atoms with E-state index in [1.165, 1.54) is 0 Å². The zero-order valence-corrected chi connectivity index (χ0v) is 17.4. The fourth-order valence-electron chi connectivity index (χ4n) is 3.71. The highest BCUT2D eigenvalue weighted by Gasteiger charge is 2.24. The predicted octanol–water partition coefficient (Wildman–Crippen LogP) is 4.26. The number of hydrogen-bond acceptors (Lipinski definition) is 5. The molecule has 0 unspecified atom stereocenters. The molecule has 0 radical (unpaired) electrons. The first kappa shape index (κ1) is 21.1. The van der Waals surface area contributed by atoms with Gasteiger partial charge in [0, 0.05) is 35.0 Å². The highest BCUT2D eigenvalue weighted by molar-refractivity contribution is 6.03. The van der Waals surface area contributed by atoms with E-state index in [2.05, 4.69) is 5.32 Å². The van der Waals surface area contributed by atoms with E-state index in [-0.39, 0.29) is 5.43 Å². The van der Waals surface area contributed by atoms with Gasteiger partial charge in [-0.25, -0.2) is 4.79 Å². The predicted molar refractivity (Wildman–Crippen MR) is 122 cm³/mol. The second-order valence-corrected chi connectivity index (χ2v) is 7.25. The summed E-state index contributed by atoms with van der Waals surface area (Å²) in [6.07, 6.45) is 4.92. The summed E-state index contributed by atoms with van der Waals surface area (Å²) in [6.45, 7) is 2.47. The zero-order chi connectivity index (χ0) is 22.7. The summed E-state index contributed by atoms with van der Waals surface area (Å²) < 4.78 is 11.8. The Kier molecular flexibility index (Phi) is 5.89. The first-order valence-corrected chi connectivity index (χ1v) is 10.2. The van der Waals surface area contributed by atoms with Crippen molar-refractivity contribution in [3.05, 3.63) is 81.7 Å². The molecule has 1 aromatic heterocycles. The average Bonchev–Trinajstić information content (AvgIpc) is 3.16. The number of aliphatic carboxylic acids is 1. The molecule has 2 N–H and O–H groups in total. The van der Waals surface area contributed by atoms with Crippen LogP contribution in [0.25, 0.3) is 22.6 Å². The molecule has 0 saturated carbocycles. The van der Waals surface area contributed by atoms with Crippen LogP contribution in [0.1, 0.15) is 30.2 Å². The number of nitrogens with one attached hydrogen (secondary N) is 1. The van der Waals surface area contributed by atoms with Crippen molar-refractivity contribution in [1.82, 2.24) is 0 Å². The standard InChI is InChI=1S/C25H21NO6/c1-2-31-20-6-4-3-5-15(20)13-16-7-9-19-24(30)18-10-8-17(14-21(18)32-25(16)19)26-22(27)11-12-23(28)29/h3-6,8,10-14H,2,7,9H2,1H3,(H,26,27)(H,28,29)/b12-11+,16-13-. The summed E-state index contributed by atoms with van der Waals surface area (Å²) >= 11 is 0. The van der Waals surface area contributed by atoms with Crippen molar-refractivity contribution in [1.29, 1.82) is 0 Å². The second-order valence-electron chi connectivity index (χ2n) is 7.25. The molecular formula is C25H21NO6. The lowest BCUT2D eigenvalue weighted by molar-refractivity contribution is -0.131. The minimum Gasteiger partial charge on any atom is -0.493 e. The van der Waals surface area contributed by atoms with Crippen LogP contribution in [-0.2, 0) is 16.0 Å². The number of rotatable bonds is 6. The third-order valence-corrected chi connectivity index (χ3v) is 5.12. The quantitative estimate of drug-likeness (QED) is 0.565. The highest BCUT2D eigenvalue weighted by Crippen LogP contribution is 2.36. The van der Waals surface area contributed by atoms with Crippen molar-refractivity contribution in [2.45, 2.75) is 19.8 Å². The highest BCUT2D eigenvalue weighted by atomic mass is 16.5. The Morgan fingerprint density at radius 3 is 2.75 bits per heavy atom. The molecule has 32 heavy (non-hydrogen) atoms. The molecule has 1 aliphatic carbocycles. The van der Waals surface area contributed by atoms with E-state index in [0.717, 1.165) is 29.0 Å². The van der Waals surface area contributed by atoms with E-state index in [0.29, 0.717) is 47.4 Å². The van der Waals surface area contributed by atoms with Gasteiger partial charge in [0.25, 0.3) is 0 Å². The Morgan fingerprint density at radius 1 is 1.16 bits per heavy atom. The number of carbonyl (C=O) groups is 2. The van der Waals surface area contributed by atoms with Gasteiger partial charge in [0.05, 0.1) is 12.0 Å². The fraction of sp³-hybridized carbons (Fsp3) is 0.160. The van der Waals surface area contributed by atoms with Crippen LogP contribution < -0.4 is 15.5 Å². The molecule has 0 spiro atoms. The molecule has 0 atom stereocenters. The largest absolute Gasteiger partial charge is 0.493 e. The van der Waals surface area contributed by atoms with Gasteiger partial charge in [-0.2, -0.15) is 0 Å². The Balaban J connectivity index is 1.72. The molecule has 3 aromatic rings. The van der Waals surface area contributed by atoms with Crippen LogP contribution in [0.5, 0.6) is 5.75 Å². The van der Waals surface area contributed by atoms with Crippen LogP contribution in [0.15, 0.2) is 63.8 Å². The summed E-state index contributed by atoms with van der Waals surface area (Å²) in [5, 5.41) is 11.6. The molecule has 1 amide bonds. The maximum Gasteiger partial charge on any atom is 0.328 e. The van der Waals surface area contributed by atoms with Crippen LogP contribution >= 0.6 is 0 Å². The van der Waals surface area contributed by atoms with Crippen molar-refractivity contribution >= 4 is 40.2 Å². The molecular weight excluding hydrogens is 410 g/mol. The van der Waals surface area contributed by atoms with Crippen LogP contribution in [0, 0.1) is 0 Å². The maximum atomic E-state index is 13.0. The van der Waals surface area contributed by atoms with E-state index < -0.39 is 11.9 Å². The Labute approximate surface area is 183 Å². The van der Waals surface area contributed by atoms with Gasteiger partial charge in [-0.3, -0.25) is 9.59 Å². The summed E-state index contributed by atoms with van der Waals surface area (Å²) in [7, 11) is 0. The minimum absolute atomic E-state index is 0.0913. The van der Waals surface area contributed by atoms with Crippen molar-refractivity contribution in [3.63, 3.8) is 0 Å². The molecule has 7 heteroatoms. The van der Waals surface area contributed by atoms with Gasteiger partial charge in [0.15, 0.2) is 5.43 Å². The van der Waals surface area contributed by atoms with Crippen molar-refractivity contribution in [2.75, 3.05) is 11.9 Å². The molecule has 2 aromatic carbocycles. The number of hydrogen-bond donors (Lipinski definition) is 2. The molecule has 0 fully saturated rings. The Morgan fingerprint density at radius 2 is 1.97 bits per heavy atom. The Hall–Kier alpha value is -4.13. The van der Waals surface area contributed by atoms with Gasteiger partial charge in [0.2, 0.25) is 5.91 Å². The van der Waals surface area contributed by atoms with Gasteiger partial charge in [-0.1, -0.05) is 18.2 Å². The molecule has 0 aliphatic heterocycles. The first-order chi connectivity index (χ1) is 15.5. The summed E-state index contributed by atoms with van der Waals surface area (Å²) in [4.78, 5) is 35.5. The summed E-state index contributed by atoms with van der Waals surface area (Å²) in [6, 6.07) is 12.4. The number of carboxylic acid groups (broad SMARTS) is 1. The third kappa shape index (κ3) is 4.32. The number of carboxylic acids is 1. The van der Waals surface area contributed by atoms with Gasteiger partial charge in [-0.15, -0.1) is 0 Å². The lowest BCUT2D eigenvalue weighted by Crippen LogP contribution is -2.11. The smallest absolute Gasteiger partial charge is 0.328 e. The Bertz CT molecular complexity index is 1330. The normalized spacial score (nSPS) is 14.1. The number of ether oxygens (including phenoxy) is 1. The number of amides is 1. The van der Waals surface area contributed by atoms with Gasteiger partial charge in [-0.05, 0) is 49.6 Å². The number of carbonyl (C=O) groups excluding carboxylic acids is 1. The molecule has 4 rings (SSSR count). The van der Waals surface area contributed by atoms with Crippen molar-refractivity contribution in [2.24, 2.45) is 0 Å². The summed E-state index contributed by atoms with van der Waals surface area (Å²) in [5.41, 5.74) is 3.10. The number of anilines is 1. The van der Waals surface area contributed by atoms with Crippen LogP contribution in [0.3, 0.4) is 0 Å². The first-order valence-electron chi connectivity index (χ1n) is 10.2. The lowest BCUT2D eigenvalue weighted by atomic mass is 10.1. The van der Waals surface area contributed by atoms with Crippen molar-refractivity contribution in [3.8, 4) is 5.75 Å². The minimum atomic E-state index is -1.22. The van der Waals surface area contributed by atoms with E-state index in [4.69, 9.17) is 14.3 Å². The van der Waals surface area contributed by atoms with E-state index in [1.807, 2.05) is 37.3 Å². The third-order valence-electron chi connectivity index (χ3n) is 5.12. The number of fused-ring (bicyclic) bond motifs is 2. The van der Waals surface area contributed by atoms with E-state index >= 15 is 0 Å². The fourth-order valence-corrected chi connectivity index (χ4v) is 3.71. The molecule has 1 aliphatic rings. The molecule has 162 valence electrons. The van der Waals surface area contributed by atoms with Crippen LogP contribution in [0.2, 0.25) is 0 Å². The molecule has 1 heterocycles. The van der Waals surface area contributed by atoms with Gasteiger partial charge in [0.1, 0.15) is 17.1 Å². The molecule has 0 bridgehead atoms. The zero-order valence-electron chi connectivity index (χ0n) is 17.4. The lowest BCUT2D eigenvalue weighted by Gasteiger charge is -2.09. The molecule has 7 nitrogen and oxygen atoms in total. The van der Waals surface area contributed by atoms with E-state index in [9.17, 15) is 14.4 Å². The van der Waals surface area contributed by atoms with Crippen LogP contribution in [0.4, 0.5) is 5.69 Å². The topological polar surface area (TPSA) is 106 Å². The van der Waals surface area contributed by atoms with Gasteiger partial charge >= 0.3 is 5.97 Å². The number of benzene rings is 2. The second kappa shape index (κ2) is 8.93. The number of allylic oxidation sites excluding steroid dienone is 1.